The summed E-state index contributed by atoms with van der Waals surface area (Å²) in [6.45, 7) is 3.98. The van der Waals surface area contributed by atoms with Crippen LogP contribution in [0.1, 0.15) is 25.3 Å². The number of hydrogen-bond donors (Lipinski definition) is 1. The first kappa shape index (κ1) is 20.5. The lowest BCUT2D eigenvalue weighted by Crippen LogP contribution is -2.45. The van der Waals surface area contributed by atoms with Crippen molar-refractivity contribution in [3.05, 3.63) is 59.1 Å². The fourth-order valence-corrected chi connectivity index (χ4v) is 3.59. The van der Waals surface area contributed by atoms with Crippen LogP contribution in [0, 0.1) is 0 Å². The third-order valence-corrected chi connectivity index (χ3v) is 5.14. The molecule has 1 aliphatic rings. The molecule has 1 saturated heterocycles. The van der Waals surface area contributed by atoms with Gasteiger partial charge in [0.15, 0.2) is 6.10 Å². The Morgan fingerprint density at radius 1 is 1.25 bits per heavy atom. The lowest BCUT2D eigenvalue weighted by atomic mass is 10.1. The van der Waals surface area contributed by atoms with Crippen molar-refractivity contribution < 1.29 is 14.3 Å². The molecule has 2 atom stereocenters. The summed E-state index contributed by atoms with van der Waals surface area (Å²) in [5, 5.41) is 4.06. The molecule has 150 valence electrons. The minimum Gasteiger partial charge on any atom is -0.497 e. The van der Waals surface area contributed by atoms with Crippen LogP contribution < -0.4 is 14.8 Å². The predicted octanol–water partition coefficient (Wildman–Crippen LogP) is 3.90. The van der Waals surface area contributed by atoms with Crippen molar-refractivity contribution in [2.75, 3.05) is 20.2 Å². The molecule has 0 saturated carbocycles. The average molecular weight is 403 g/mol. The Labute approximate surface area is 171 Å². The molecule has 0 aromatic heterocycles. The summed E-state index contributed by atoms with van der Waals surface area (Å²) in [6.07, 6.45) is 1.62. The zero-order valence-electron chi connectivity index (χ0n) is 16.4. The molecule has 1 N–H and O–H groups in total. The van der Waals surface area contributed by atoms with E-state index in [4.69, 9.17) is 21.1 Å². The van der Waals surface area contributed by atoms with Gasteiger partial charge < -0.3 is 19.7 Å². The fraction of sp³-hybridized carbons (Fsp3) is 0.409. The van der Waals surface area contributed by atoms with E-state index in [-0.39, 0.29) is 5.91 Å². The van der Waals surface area contributed by atoms with E-state index in [9.17, 15) is 4.79 Å². The monoisotopic (exact) mass is 402 g/mol. The number of benzene rings is 2. The molecule has 1 fully saturated rings. The fourth-order valence-electron chi connectivity index (χ4n) is 3.41. The standard InChI is InChI=1S/C22H27ClN2O3/c1-16(28-21-7-3-5-18(23)13-21)22(26)25(15-19-6-4-12-24-19)14-17-8-10-20(27-2)11-9-17/h3,5,7-11,13,16,19,24H,4,6,12,14-15H2,1-2H3. The first-order chi connectivity index (χ1) is 13.5. The van der Waals surface area contributed by atoms with E-state index in [2.05, 4.69) is 5.32 Å². The highest BCUT2D eigenvalue weighted by Gasteiger charge is 2.26. The second-order valence-corrected chi connectivity index (χ2v) is 7.51. The summed E-state index contributed by atoms with van der Waals surface area (Å²) in [7, 11) is 1.64. The number of halogens is 1. The van der Waals surface area contributed by atoms with Gasteiger partial charge in [0.1, 0.15) is 11.5 Å². The third-order valence-electron chi connectivity index (χ3n) is 4.90. The van der Waals surface area contributed by atoms with Gasteiger partial charge in [-0.2, -0.15) is 0 Å². The molecule has 0 radical (unpaired) electrons. The summed E-state index contributed by atoms with van der Waals surface area (Å²) in [4.78, 5) is 15.0. The number of amides is 1. The molecule has 1 amide bonds. The molecule has 2 aromatic rings. The molecule has 2 unspecified atom stereocenters. The summed E-state index contributed by atoms with van der Waals surface area (Å²) in [6, 6.07) is 15.2. The smallest absolute Gasteiger partial charge is 0.263 e. The summed E-state index contributed by atoms with van der Waals surface area (Å²) in [5.41, 5.74) is 1.06. The second kappa shape index (κ2) is 9.80. The van der Waals surface area contributed by atoms with Gasteiger partial charge in [-0.05, 0) is 62.2 Å². The zero-order valence-corrected chi connectivity index (χ0v) is 17.1. The van der Waals surface area contributed by atoms with E-state index in [1.807, 2.05) is 41.3 Å². The van der Waals surface area contributed by atoms with E-state index in [0.29, 0.717) is 29.9 Å². The Kier molecular flexibility index (Phi) is 7.18. The number of carbonyl (C=O) groups is 1. The van der Waals surface area contributed by atoms with Crippen molar-refractivity contribution >= 4 is 17.5 Å². The first-order valence-corrected chi connectivity index (χ1v) is 10.0. The SMILES string of the molecule is COc1ccc(CN(CC2CCCN2)C(=O)C(C)Oc2cccc(Cl)c2)cc1. The van der Waals surface area contributed by atoms with Crippen molar-refractivity contribution in [1.82, 2.24) is 10.2 Å². The van der Waals surface area contributed by atoms with Crippen LogP contribution >= 0.6 is 11.6 Å². The molecule has 2 aromatic carbocycles. The normalized spacial score (nSPS) is 17.2. The van der Waals surface area contributed by atoms with Crippen LogP contribution in [-0.2, 0) is 11.3 Å². The number of nitrogens with zero attached hydrogens (tertiary/aromatic N) is 1. The number of hydrogen-bond acceptors (Lipinski definition) is 4. The number of carbonyl (C=O) groups excluding carboxylic acids is 1. The molecule has 0 aliphatic carbocycles. The van der Waals surface area contributed by atoms with Crippen LogP contribution in [0.15, 0.2) is 48.5 Å². The van der Waals surface area contributed by atoms with Crippen LogP contribution in [0.5, 0.6) is 11.5 Å². The summed E-state index contributed by atoms with van der Waals surface area (Å²) in [5.74, 6) is 1.36. The molecule has 1 heterocycles. The Bertz CT molecular complexity index is 776. The molecule has 0 bridgehead atoms. The van der Waals surface area contributed by atoms with Gasteiger partial charge in [0.25, 0.3) is 5.91 Å². The number of ether oxygens (including phenoxy) is 2. The van der Waals surface area contributed by atoms with E-state index < -0.39 is 6.10 Å². The van der Waals surface area contributed by atoms with Crippen molar-refractivity contribution in [3.8, 4) is 11.5 Å². The molecule has 6 heteroatoms. The maximum Gasteiger partial charge on any atom is 0.263 e. The van der Waals surface area contributed by atoms with Crippen molar-refractivity contribution in [2.24, 2.45) is 0 Å². The molecular weight excluding hydrogens is 376 g/mol. The number of rotatable bonds is 8. The van der Waals surface area contributed by atoms with Gasteiger partial charge in [-0.1, -0.05) is 29.8 Å². The molecule has 1 aliphatic heterocycles. The van der Waals surface area contributed by atoms with Crippen molar-refractivity contribution in [2.45, 2.75) is 38.5 Å². The number of methoxy groups -OCH3 is 1. The highest BCUT2D eigenvalue weighted by atomic mass is 35.5. The van der Waals surface area contributed by atoms with E-state index >= 15 is 0 Å². The van der Waals surface area contributed by atoms with Gasteiger partial charge in [0, 0.05) is 24.2 Å². The topological polar surface area (TPSA) is 50.8 Å². The van der Waals surface area contributed by atoms with Gasteiger partial charge in [-0.3, -0.25) is 4.79 Å². The van der Waals surface area contributed by atoms with Gasteiger partial charge in [-0.25, -0.2) is 0 Å². The van der Waals surface area contributed by atoms with Gasteiger partial charge >= 0.3 is 0 Å². The van der Waals surface area contributed by atoms with Crippen LogP contribution in [-0.4, -0.2) is 43.2 Å². The maximum atomic E-state index is 13.2. The van der Waals surface area contributed by atoms with Crippen LogP contribution in [0.25, 0.3) is 0 Å². The van der Waals surface area contributed by atoms with Gasteiger partial charge in [0.05, 0.1) is 7.11 Å². The quantitative estimate of drug-likeness (QED) is 0.727. The number of nitrogens with one attached hydrogen (secondary N) is 1. The van der Waals surface area contributed by atoms with Gasteiger partial charge in [0.2, 0.25) is 0 Å². The average Bonchev–Trinajstić information content (AvgIpc) is 3.20. The van der Waals surface area contributed by atoms with Gasteiger partial charge in [-0.15, -0.1) is 0 Å². The second-order valence-electron chi connectivity index (χ2n) is 7.08. The first-order valence-electron chi connectivity index (χ1n) is 9.62. The highest BCUT2D eigenvalue weighted by Crippen LogP contribution is 2.20. The van der Waals surface area contributed by atoms with E-state index in [0.717, 1.165) is 30.7 Å². The Balaban J connectivity index is 1.71. The minimum atomic E-state index is -0.599. The van der Waals surface area contributed by atoms with E-state index in [1.165, 1.54) is 0 Å². The maximum absolute atomic E-state index is 13.2. The molecular formula is C22H27ClN2O3. The predicted molar refractivity (Wildman–Crippen MR) is 111 cm³/mol. The zero-order chi connectivity index (χ0) is 19.9. The molecule has 3 rings (SSSR count). The van der Waals surface area contributed by atoms with Crippen LogP contribution in [0.4, 0.5) is 0 Å². The Morgan fingerprint density at radius 3 is 2.68 bits per heavy atom. The Morgan fingerprint density at radius 2 is 2.04 bits per heavy atom. The lowest BCUT2D eigenvalue weighted by Gasteiger charge is -2.29. The van der Waals surface area contributed by atoms with Crippen molar-refractivity contribution in [3.63, 3.8) is 0 Å². The molecule has 28 heavy (non-hydrogen) atoms. The summed E-state index contributed by atoms with van der Waals surface area (Å²) >= 11 is 6.02. The lowest BCUT2D eigenvalue weighted by molar-refractivity contribution is -0.139. The van der Waals surface area contributed by atoms with Crippen LogP contribution in [0.3, 0.4) is 0 Å². The highest BCUT2D eigenvalue weighted by molar-refractivity contribution is 6.30. The van der Waals surface area contributed by atoms with Crippen molar-refractivity contribution in [1.29, 1.82) is 0 Å². The summed E-state index contributed by atoms with van der Waals surface area (Å²) < 4.78 is 11.1. The third kappa shape index (κ3) is 5.63. The van der Waals surface area contributed by atoms with Crippen LogP contribution in [0.2, 0.25) is 5.02 Å². The molecule has 5 nitrogen and oxygen atoms in total. The largest absolute Gasteiger partial charge is 0.497 e. The minimum absolute atomic E-state index is 0.0375. The van der Waals surface area contributed by atoms with E-state index in [1.54, 1.807) is 26.2 Å². The molecule has 0 spiro atoms. The Hall–Kier alpha value is -2.24.